The van der Waals surface area contributed by atoms with E-state index in [-0.39, 0.29) is 11.8 Å². The molecule has 1 aliphatic heterocycles. The second-order valence-corrected chi connectivity index (χ2v) is 8.10. The van der Waals surface area contributed by atoms with E-state index in [1.807, 2.05) is 36.4 Å². The highest BCUT2D eigenvalue weighted by Crippen LogP contribution is 2.44. The van der Waals surface area contributed by atoms with E-state index in [9.17, 15) is 9.59 Å². The van der Waals surface area contributed by atoms with Gasteiger partial charge in [0.2, 0.25) is 11.7 Å². The molecule has 0 aromatic heterocycles. The summed E-state index contributed by atoms with van der Waals surface area (Å²) in [4.78, 5) is 28.7. The molecule has 0 bridgehead atoms. The second kappa shape index (κ2) is 9.97. The molecule has 0 radical (unpaired) electrons. The lowest BCUT2D eigenvalue weighted by molar-refractivity contribution is -0.119. The van der Waals surface area contributed by atoms with Crippen LogP contribution in [0.2, 0.25) is 0 Å². The van der Waals surface area contributed by atoms with Crippen molar-refractivity contribution in [3.63, 3.8) is 0 Å². The molecular formula is C27H28N2O6. The van der Waals surface area contributed by atoms with Gasteiger partial charge in [-0.1, -0.05) is 30.3 Å². The third kappa shape index (κ3) is 4.35. The van der Waals surface area contributed by atoms with Crippen molar-refractivity contribution in [2.45, 2.75) is 12.0 Å². The van der Waals surface area contributed by atoms with Crippen LogP contribution in [0.1, 0.15) is 33.4 Å². The van der Waals surface area contributed by atoms with Gasteiger partial charge >= 0.3 is 0 Å². The Morgan fingerprint density at radius 3 is 2.06 bits per heavy atom. The summed E-state index contributed by atoms with van der Waals surface area (Å²) < 4.78 is 21.5. The Labute approximate surface area is 204 Å². The monoisotopic (exact) mass is 476 g/mol. The van der Waals surface area contributed by atoms with E-state index < -0.39 is 12.0 Å². The summed E-state index contributed by atoms with van der Waals surface area (Å²) in [6.07, 6.45) is 0. The van der Waals surface area contributed by atoms with Crippen molar-refractivity contribution in [1.82, 2.24) is 4.90 Å². The molecule has 2 amide bonds. The Hall–Kier alpha value is -4.20. The molecule has 1 N–H and O–H groups in total. The molecule has 8 nitrogen and oxygen atoms in total. The Kier molecular flexibility index (Phi) is 6.82. The SMILES string of the molecule is COc1ccc([C@H]2[C@H](C(=O)Nc3cc(OC)c(OC)c(OC)c3)c3ccccc3C(=O)N2C)cc1. The van der Waals surface area contributed by atoms with E-state index in [1.165, 1.54) is 21.3 Å². The molecule has 4 rings (SSSR count). The lowest BCUT2D eigenvalue weighted by Crippen LogP contribution is -2.44. The Balaban J connectivity index is 1.79. The van der Waals surface area contributed by atoms with Crippen molar-refractivity contribution in [1.29, 1.82) is 0 Å². The molecule has 2 atom stereocenters. The summed E-state index contributed by atoms with van der Waals surface area (Å²) in [5.74, 6) is 0.886. The van der Waals surface area contributed by atoms with E-state index in [0.717, 1.165) is 5.56 Å². The van der Waals surface area contributed by atoms with Crippen LogP contribution in [0.5, 0.6) is 23.0 Å². The fourth-order valence-corrected chi connectivity index (χ4v) is 4.55. The number of fused-ring (bicyclic) bond motifs is 1. The van der Waals surface area contributed by atoms with Gasteiger partial charge in [0.25, 0.3) is 5.91 Å². The predicted molar refractivity (Wildman–Crippen MR) is 132 cm³/mol. The van der Waals surface area contributed by atoms with Crippen LogP contribution in [0.3, 0.4) is 0 Å². The molecule has 182 valence electrons. The first-order chi connectivity index (χ1) is 16.9. The number of methoxy groups -OCH3 is 4. The van der Waals surface area contributed by atoms with Crippen molar-refractivity contribution in [2.75, 3.05) is 40.8 Å². The van der Waals surface area contributed by atoms with E-state index in [0.29, 0.717) is 39.8 Å². The van der Waals surface area contributed by atoms with E-state index >= 15 is 0 Å². The van der Waals surface area contributed by atoms with E-state index in [2.05, 4.69) is 5.32 Å². The van der Waals surface area contributed by atoms with Crippen molar-refractivity contribution >= 4 is 17.5 Å². The minimum Gasteiger partial charge on any atom is -0.497 e. The van der Waals surface area contributed by atoms with Crippen LogP contribution in [-0.4, -0.2) is 52.2 Å². The number of nitrogens with zero attached hydrogens (tertiary/aromatic N) is 1. The number of rotatable bonds is 7. The quantitative estimate of drug-likeness (QED) is 0.548. The Morgan fingerprint density at radius 1 is 0.857 bits per heavy atom. The molecule has 1 heterocycles. The summed E-state index contributed by atoms with van der Waals surface area (Å²) in [6, 6.07) is 17.4. The normalized spacial score (nSPS) is 16.8. The first-order valence-corrected chi connectivity index (χ1v) is 11.0. The van der Waals surface area contributed by atoms with Gasteiger partial charge < -0.3 is 29.2 Å². The molecular weight excluding hydrogens is 448 g/mol. The topological polar surface area (TPSA) is 86.3 Å². The molecule has 0 saturated heterocycles. The fraction of sp³-hybridized carbons (Fsp3) is 0.259. The minimum atomic E-state index is -0.665. The highest BCUT2D eigenvalue weighted by molar-refractivity contribution is 6.04. The molecule has 1 aliphatic rings. The predicted octanol–water partition coefficient (Wildman–Crippen LogP) is 4.27. The number of benzene rings is 3. The maximum absolute atomic E-state index is 13.9. The summed E-state index contributed by atoms with van der Waals surface area (Å²) in [5.41, 5.74) is 2.47. The average molecular weight is 477 g/mol. The molecule has 0 aliphatic carbocycles. The highest BCUT2D eigenvalue weighted by atomic mass is 16.5. The summed E-state index contributed by atoms with van der Waals surface area (Å²) in [5, 5.41) is 2.99. The maximum Gasteiger partial charge on any atom is 0.254 e. The number of ether oxygens (including phenoxy) is 4. The van der Waals surface area contributed by atoms with Gasteiger partial charge in [-0.2, -0.15) is 0 Å². The van der Waals surface area contributed by atoms with Crippen LogP contribution in [-0.2, 0) is 4.79 Å². The van der Waals surface area contributed by atoms with Crippen LogP contribution < -0.4 is 24.3 Å². The van der Waals surface area contributed by atoms with Gasteiger partial charge in [-0.3, -0.25) is 9.59 Å². The number of anilines is 1. The van der Waals surface area contributed by atoms with E-state index in [1.54, 1.807) is 43.3 Å². The first kappa shape index (κ1) is 23.9. The summed E-state index contributed by atoms with van der Waals surface area (Å²) in [6.45, 7) is 0. The third-order valence-electron chi connectivity index (χ3n) is 6.25. The zero-order valence-electron chi connectivity index (χ0n) is 20.3. The zero-order valence-corrected chi connectivity index (χ0v) is 20.3. The van der Waals surface area contributed by atoms with Crippen LogP contribution in [0.4, 0.5) is 5.69 Å². The van der Waals surface area contributed by atoms with Crippen molar-refractivity contribution in [3.05, 3.63) is 77.4 Å². The largest absolute Gasteiger partial charge is 0.497 e. The molecule has 0 saturated carbocycles. The number of nitrogens with one attached hydrogen (secondary N) is 1. The van der Waals surface area contributed by atoms with Crippen LogP contribution in [0.15, 0.2) is 60.7 Å². The van der Waals surface area contributed by atoms with Gasteiger partial charge in [-0.25, -0.2) is 0 Å². The van der Waals surface area contributed by atoms with Crippen molar-refractivity contribution < 1.29 is 28.5 Å². The second-order valence-electron chi connectivity index (χ2n) is 8.10. The van der Waals surface area contributed by atoms with E-state index in [4.69, 9.17) is 18.9 Å². The van der Waals surface area contributed by atoms with Gasteiger partial charge in [0.1, 0.15) is 5.75 Å². The number of hydrogen-bond acceptors (Lipinski definition) is 6. The molecule has 35 heavy (non-hydrogen) atoms. The maximum atomic E-state index is 13.9. The number of carbonyl (C=O) groups is 2. The van der Waals surface area contributed by atoms with Gasteiger partial charge in [0, 0.05) is 30.4 Å². The standard InChI is InChI=1S/C27H28N2O6/c1-29-24(16-10-12-18(32-2)13-11-16)23(19-8-6-7-9-20(19)27(29)31)26(30)28-17-14-21(33-3)25(35-5)22(15-17)34-4/h6-15,23-24H,1-5H3,(H,28,30)/t23-,24+/m1/s1. The summed E-state index contributed by atoms with van der Waals surface area (Å²) in [7, 11) is 7.85. The smallest absolute Gasteiger partial charge is 0.254 e. The summed E-state index contributed by atoms with van der Waals surface area (Å²) >= 11 is 0. The fourth-order valence-electron chi connectivity index (χ4n) is 4.55. The molecule has 0 unspecified atom stereocenters. The van der Waals surface area contributed by atoms with Gasteiger partial charge in [-0.15, -0.1) is 0 Å². The molecule has 3 aromatic rings. The zero-order chi connectivity index (χ0) is 25.1. The van der Waals surface area contributed by atoms with Gasteiger partial charge in [0.05, 0.1) is 40.4 Å². The molecule has 3 aromatic carbocycles. The lowest BCUT2D eigenvalue weighted by atomic mass is 9.79. The number of hydrogen-bond donors (Lipinski definition) is 1. The minimum absolute atomic E-state index is 0.141. The van der Waals surface area contributed by atoms with Crippen LogP contribution in [0, 0.1) is 0 Å². The van der Waals surface area contributed by atoms with Gasteiger partial charge in [-0.05, 0) is 29.3 Å². The highest BCUT2D eigenvalue weighted by Gasteiger charge is 2.42. The van der Waals surface area contributed by atoms with Crippen LogP contribution in [0.25, 0.3) is 0 Å². The van der Waals surface area contributed by atoms with Gasteiger partial charge in [0.15, 0.2) is 11.5 Å². The Morgan fingerprint density at radius 2 is 1.49 bits per heavy atom. The molecule has 0 fully saturated rings. The van der Waals surface area contributed by atoms with Crippen LogP contribution >= 0.6 is 0 Å². The molecule has 8 heteroatoms. The first-order valence-electron chi connectivity index (χ1n) is 11.0. The van der Waals surface area contributed by atoms with Crippen molar-refractivity contribution in [2.24, 2.45) is 0 Å². The number of amides is 2. The Bertz CT molecular complexity index is 1220. The number of carbonyl (C=O) groups excluding carboxylic acids is 2. The third-order valence-corrected chi connectivity index (χ3v) is 6.25. The molecule has 0 spiro atoms. The number of likely N-dealkylation sites (N-methyl/N-ethyl adjacent to an activating group) is 1. The average Bonchev–Trinajstić information content (AvgIpc) is 2.89. The lowest BCUT2D eigenvalue weighted by Gasteiger charge is -2.39. The van der Waals surface area contributed by atoms with Crippen molar-refractivity contribution in [3.8, 4) is 23.0 Å².